The maximum Gasteiger partial charge on any atom is 0.410 e. The van der Waals surface area contributed by atoms with Gasteiger partial charge >= 0.3 is 6.09 Å². The Balaban J connectivity index is 1.22. The van der Waals surface area contributed by atoms with Crippen LogP contribution >= 0.6 is 0 Å². The van der Waals surface area contributed by atoms with E-state index >= 15 is 0 Å². The molecule has 2 fully saturated rings. The van der Waals surface area contributed by atoms with E-state index in [2.05, 4.69) is 6.92 Å². The first kappa shape index (κ1) is 29.6. The van der Waals surface area contributed by atoms with Crippen molar-refractivity contribution < 1.29 is 29.0 Å². The van der Waals surface area contributed by atoms with Crippen LogP contribution in [-0.4, -0.2) is 93.8 Å². The highest BCUT2D eigenvalue weighted by molar-refractivity contribution is 6.00. The molecule has 0 saturated carbocycles. The molecule has 0 aromatic heterocycles. The number of aliphatic hydroxyl groups excluding tert-OH is 1. The van der Waals surface area contributed by atoms with Gasteiger partial charge in [-0.3, -0.25) is 14.5 Å². The first-order valence-corrected chi connectivity index (χ1v) is 15.6. The fraction of sp³-hybridized carbons (Fsp3) is 0.559. The number of fused-ring (bicyclic) bond motifs is 4. The van der Waals surface area contributed by atoms with Gasteiger partial charge in [-0.05, 0) is 81.3 Å². The van der Waals surface area contributed by atoms with Crippen LogP contribution < -0.4 is 0 Å². The molecular formula is C34H43N3O6. The first-order chi connectivity index (χ1) is 20.5. The fourth-order valence-electron chi connectivity index (χ4n) is 7.22. The van der Waals surface area contributed by atoms with E-state index in [1.807, 2.05) is 56.0 Å². The second-order valence-corrected chi connectivity index (χ2v) is 13.5. The molecule has 4 aliphatic heterocycles. The molecule has 2 aromatic carbocycles. The van der Waals surface area contributed by atoms with E-state index in [9.17, 15) is 19.5 Å². The SMILES string of the molecule is CCC1CN(CC(O)[C@@H]2Cc3ccccc3CN2C(=O)OC(C)(C)C)C(=O)c2ccc(C(=O)N3C4CCC3COC4)cc21. The molecule has 4 unspecified atom stereocenters. The zero-order valence-corrected chi connectivity index (χ0v) is 25.6. The molecule has 1 N–H and O–H groups in total. The highest BCUT2D eigenvalue weighted by atomic mass is 16.6. The Morgan fingerprint density at radius 1 is 1.07 bits per heavy atom. The molecule has 2 saturated heterocycles. The van der Waals surface area contributed by atoms with Gasteiger partial charge in [-0.2, -0.15) is 0 Å². The van der Waals surface area contributed by atoms with E-state index in [0.29, 0.717) is 43.9 Å². The van der Waals surface area contributed by atoms with Crippen molar-refractivity contribution in [2.24, 2.45) is 0 Å². The third-order valence-corrected chi connectivity index (χ3v) is 9.43. The predicted octanol–water partition coefficient (Wildman–Crippen LogP) is 4.36. The maximum absolute atomic E-state index is 13.8. The van der Waals surface area contributed by atoms with Crippen molar-refractivity contribution in [2.45, 2.75) is 95.7 Å². The lowest BCUT2D eigenvalue weighted by molar-refractivity contribution is -0.0186. The quantitative estimate of drug-likeness (QED) is 0.557. The molecule has 0 spiro atoms. The van der Waals surface area contributed by atoms with Crippen LogP contribution in [0.4, 0.5) is 4.79 Å². The van der Waals surface area contributed by atoms with Crippen molar-refractivity contribution in [1.82, 2.24) is 14.7 Å². The Kier molecular flexibility index (Phi) is 7.98. The molecule has 6 rings (SSSR count). The van der Waals surface area contributed by atoms with Crippen LogP contribution in [0.3, 0.4) is 0 Å². The van der Waals surface area contributed by atoms with Crippen LogP contribution in [0.1, 0.15) is 90.3 Å². The molecular weight excluding hydrogens is 546 g/mol. The summed E-state index contributed by atoms with van der Waals surface area (Å²) < 4.78 is 11.4. The molecule has 4 heterocycles. The zero-order chi connectivity index (χ0) is 30.5. The normalized spacial score (nSPS) is 25.7. The van der Waals surface area contributed by atoms with Crippen molar-refractivity contribution in [1.29, 1.82) is 0 Å². The standard InChI is InChI=1S/C34H43N3O6/c1-5-21-16-35(18-30(38)29-15-22-8-6-7-9-24(22)17-36(29)33(41)43-34(2,3)4)32(40)27-13-10-23(14-28(21)27)31(39)37-25-11-12-26(37)20-42-19-25/h6-10,13-14,21,25-26,29-30,38H,5,11-12,15-20H2,1-4H3/t21?,25?,26?,29-,30?/m0/s1. The number of carbonyl (C=O) groups is 3. The van der Waals surface area contributed by atoms with Gasteiger partial charge < -0.3 is 24.4 Å². The lowest BCUT2D eigenvalue weighted by atomic mass is 9.85. The van der Waals surface area contributed by atoms with Crippen molar-refractivity contribution >= 4 is 17.9 Å². The molecule has 3 amide bonds. The van der Waals surface area contributed by atoms with E-state index in [-0.39, 0.29) is 36.4 Å². The van der Waals surface area contributed by atoms with Gasteiger partial charge in [0.15, 0.2) is 0 Å². The van der Waals surface area contributed by atoms with Crippen molar-refractivity contribution in [3.05, 3.63) is 70.3 Å². The van der Waals surface area contributed by atoms with Crippen molar-refractivity contribution in [2.75, 3.05) is 26.3 Å². The number of nitrogens with zero attached hydrogens (tertiary/aromatic N) is 3. The predicted molar refractivity (Wildman–Crippen MR) is 161 cm³/mol. The number of β-amino-alcohol motifs (C(OH)–C–C–N with tert-alkyl or cyclic N) is 1. The Bertz CT molecular complexity index is 1390. The monoisotopic (exact) mass is 589 g/mol. The number of benzene rings is 2. The number of rotatable bonds is 5. The van der Waals surface area contributed by atoms with Gasteiger partial charge in [0.25, 0.3) is 11.8 Å². The Labute approximate surface area is 253 Å². The van der Waals surface area contributed by atoms with Gasteiger partial charge in [0.2, 0.25) is 0 Å². The highest BCUT2D eigenvalue weighted by Crippen LogP contribution is 2.35. The molecule has 9 heteroatoms. The minimum absolute atomic E-state index is 0.0126. The molecule has 43 heavy (non-hydrogen) atoms. The molecule has 2 aromatic rings. The average molecular weight is 590 g/mol. The van der Waals surface area contributed by atoms with Crippen LogP contribution in [0.25, 0.3) is 0 Å². The average Bonchev–Trinajstić information content (AvgIpc) is 3.23. The van der Waals surface area contributed by atoms with Gasteiger partial charge in [-0.15, -0.1) is 0 Å². The Morgan fingerprint density at radius 2 is 1.77 bits per heavy atom. The molecule has 0 aliphatic carbocycles. The summed E-state index contributed by atoms with van der Waals surface area (Å²) in [5, 5.41) is 11.6. The van der Waals surface area contributed by atoms with Gasteiger partial charge in [-0.25, -0.2) is 4.79 Å². The lowest BCUT2D eigenvalue weighted by Gasteiger charge is -2.42. The summed E-state index contributed by atoms with van der Waals surface area (Å²) in [7, 11) is 0. The number of hydrogen-bond donors (Lipinski definition) is 1. The van der Waals surface area contributed by atoms with Crippen LogP contribution in [0.5, 0.6) is 0 Å². The minimum atomic E-state index is -0.971. The lowest BCUT2D eigenvalue weighted by Crippen LogP contribution is -2.55. The molecule has 4 aliphatic rings. The van der Waals surface area contributed by atoms with Gasteiger partial charge in [0, 0.05) is 36.7 Å². The smallest absolute Gasteiger partial charge is 0.410 e. The van der Waals surface area contributed by atoms with Gasteiger partial charge in [0.1, 0.15) is 5.60 Å². The summed E-state index contributed by atoms with van der Waals surface area (Å²) in [5.74, 6) is -0.120. The fourth-order valence-corrected chi connectivity index (χ4v) is 7.22. The summed E-state index contributed by atoms with van der Waals surface area (Å²) >= 11 is 0. The third-order valence-electron chi connectivity index (χ3n) is 9.43. The second kappa shape index (κ2) is 11.6. The largest absolute Gasteiger partial charge is 0.444 e. The van der Waals surface area contributed by atoms with E-state index in [0.717, 1.165) is 36.0 Å². The number of morpholine rings is 1. The minimum Gasteiger partial charge on any atom is -0.444 e. The summed E-state index contributed by atoms with van der Waals surface area (Å²) in [4.78, 5) is 45.9. The van der Waals surface area contributed by atoms with E-state index in [1.165, 1.54) is 0 Å². The van der Waals surface area contributed by atoms with Crippen LogP contribution in [0, 0.1) is 0 Å². The topological polar surface area (TPSA) is 99.6 Å². The molecule has 0 radical (unpaired) electrons. The Hall–Kier alpha value is -3.43. The van der Waals surface area contributed by atoms with Crippen LogP contribution in [0.2, 0.25) is 0 Å². The first-order valence-electron chi connectivity index (χ1n) is 15.6. The van der Waals surface area contributed by atoms with Crippen LogP contribution in [0.15, 0.2) is 42.5 Å². The molecule has 2 bridgehead atoms. The van der Waals surface area contributed by atoms with Gasteiger partial charge in [0.05, 0.1) is 37.4 Å². The van der Waals surface area contributed by atoms with Crippen LogP contribution in [-0.2, 0) is 22.4 Å². The zero-order valence-electron chi connectivity index (χ0n) is 25.6. The summed E-state index contributed by atoms with van der Waals surface area (Å²) in [6.07, 6.45) is 1.75. The molecule has 230 valence electrons. The summed E-state index contributed by atoms with van der Waals surface area (Å²) in [6.45, 7) is 9.60. The van der Waals surface area contributed by atoms with Crippen molar-refractivity contribution in [3.63, 3.8) is 0 Å². The summed E-state index contributed by atoms with van der Waals surface area (Å²) in [6, 6.07) is 13.1. The third kappa shape index (κ3) is 5.77. The van der Waals surface area contributed by atoms with E-state index < -0.39 is 23.8 Å². The number of carbonyl (C=O) groups excluding carboxylic acids is 3. The number of hydrogen-bond acceptors (Lipinski definition) is 6. The Morgan fingerprint density at radius 3 is 2.44 bits per heavy atom. The maximum atomic E-state index is 13.8. The van der Waals surface area contributed by atoms with Gasteiger partial charge in [-0.1, -0.05) is 31.2 Å². The van der Waals surface area contributed by atoms with Crippen molar-refractivity contribution in [3.8, 4) is 0 Å². The molecule has 9 nitrogen and oxygen atoms in total. The van der Waals surface area contributed by atoms with E-state index in [4.69, 9.17) is 9.47 Å². The molecule has 5 atom stereocenters. The van der Waals surface area contributed by atoms with E-state index in [1.54, 1.807) is 21.9 Å². The number of aliphatic hydroxyl groups is 1. The highest BCUT2D eigenvalue weighted by Gasteiger charge is 2.42. The number of ether oxygens (including phenoxy) is 2. The summed E-state index contributed by atoms with van der Waals surface area (Å²) in [5.41, 5.74) is 3.52. The second-order valence-electron chi connectivity index (χ2n) is 13.5. The number of amides is 3.